The standard InChI is InChI=1S/C11H17NO3/c1-9(11-3-2-5-15-11)12-4-6-14-10-7-13-8-10/h2-3,5,9-10,12H,4,6-8H2,1H3. The zero-order valence-corrected chi connectivity index (χ0v) is 8.94. The van der Waals surface area contributed by atoms with Crippen LogP contribution in [0.25, 0.3) is 0 Å². The van der Waals surface area contributed by atoms with E-state index in [0.29, 0.717) is 6.10 Å². The third-order valence-electron chi connectivity index (χ3n) is 2.48. The van der Waals surface area contributed by atoms with Crippen molar-refractivity contribution in [2.45, 2.75) is 19.1 Å². The summed E-state index contributed by atoms with van der Waals surface area (Å²) in [5.41, 5.74) is 0. The summed E-state index contributed by atoms with van der Waals surface area (Å²) in [6.07, 6.45) is 2.00. The van der Waals surface area contributed by atoms with E-state index in [1.807, 2.05) is 12.1 Å². The Hall–Kier alpha value is -0.840. The number of nitrogens with one attached hydrogen (secondary N) is 1. The second-order valence-corrected chi connectivity index (χ2v) is 3.72. The molecule has 0 amide bonds. The SMILES string of the molecule is CC(NCCOC1COC1)c1ccco1. The van der Waals surface area contributed by atoms with Gasteiger partial charge in [0.15, 0.2) is 0 Å². The molecule has 0 radical (unpaired) electrons. The highest BCUT2D eigenvalue weighted by Crippen LogP contribution is 2.11. The maximum absolute atomic E-state index is 5.53. The summed E-state index contributed by atoms with van der Waals surface area (Å²) >= 11 is 0. The van der Waals surface area contributed by atoms with Crippen molar-refractivity contribution in [3.8, 4) is 0 Å². The molecule has 0 spiro atoms. The molecule has 1 N–H and O–H groups in total. The Bertz CT molecular complexity index is 269. The Morgan fingerprint density at radius 3 is 3.07 bits per heavy atom. The van der Waals surface area contributed by atoms with Gasteiger partial charge in [0.05, 0.1) is 32.1 Å². The average molecular weight is 211 g/mol. The van der Waals surface area contributed by atoms with E-state index >= 15 is 0 Å². The van der Waals surface area contributed by atoms with E-state index in [2.05, 4.69) is 12.2 Å². The first-order valence-electron chi connectivity index (χ1n) is 5.32. The maximum atomic E-state index is 5.53. The number of hydrogen-bond donors (Lipinski definition) is 1. The van der Waals surface area contributed by atoms with Crippen molar-refractivity contribution in [3.05, 3.63) is 24.2 Å². The first kappa shape index (κ1) is 10.7. The normalized spacial score (nSPS) is 18.7. The van der Waals surface area contributed by atoms with Crippen molar-refractivity contribution in [3.63, 3.8) is 0 Å². The highest BCUT2D eigenvalue weighted by atomic mass is 16.6. The summed E-state index contributed by atoms with van der Waals surface area (Å²) in [6, 6.07) is 4.11. The molecule has 1 saturated heterocycles. The van der Waals surface area contributed by atoms with Gasteiger partial charge in [-0.3, -0.25) is 0 Å². The lowest BCUT2D eigenvalue weighted by atomic mass is 10.2. The van der Waals surface area contributed by atoms with Crippen LogP contribution in [0.4, 0.5) is 0 Å². The van der Waals surface area contributed by atoms with Gasteiger partial charge < -0.3 is 19.2 Å². The molecule has 1 aliphatic heterocycles. The lowest BCUT2D eigenvalue weighted by Crippen LogP contribution is -2.37. The molecule has 2 heterocycles. The largest absolute Gasteiger partial charge is 0.468 e. The predicted molar refractivity (Wildman–Crippen MR) is 55.7 cm³/mol. The number of ether oxygens (including phenoxy) is 2. The third kappa shape index (κ3) is 3.06. The van der Waals surface area contributed by atoms with Crippen LogP contribution in [0.2, 0.25) is 0 Å². The molecule has 0 aromatic carbocycles. The van der Waals surface area contributed by atoms with Gasteiger partial charge in [0, 0.05) is 6.54 Å². The molecule has 84 valence electrons. The number of furan rings is 1. The second kappa shape index (κ2) is 5.30. The van der Waals surface area contributed by atoms with Gasteiger partial charge in [0.25, 0.3) is 0 Å². The van der Waals surface area contributed by atoms with E-state index in [9.17, 15) is 0 Å². The van der Waals surface area contributed by atoms with Crippen molar-refractivity contribution in [1.82, 2.24) is 5.32 Å². The van der Waals surface area contributed by atoms with Crippen LogP contribution < -0.4 is 5.32 Å². The molecule has 0 saturated carbocycles. The molecular formula is C11H17NO3. The highest BCUT2D eigenvalue weighted by molar-refractivity contribution is 5.02. The smallest absolute Gasteiger partial charge is 0.120 e. The molecule has 1 aromatic rings. The molecule has 4 heteroatoms. The minimum Gasteiger partial charge on any atom is -0.468 e. The van der Waals surface area contributed by atoms with Gasteiger partial charge in [-0.15, -0.1) is 0 Å². The molecule has 15 heavy (non-hydrogen) atoms. The molecule has 1 aliphatic rings. The van der Waals surface area contributed by atoms with Crippen LogP contribution in [0, 0.1) is 0 Å². The summed E-state index contributed by atoms with van der Waals surface area (Å²) in [5.74, 6) is 0.960. The van der Waals surface area contributed by atoms with Crippen molar-refractivity contribution in [2.75, 3.05) is 26.4 Å². The van der Waals surface area contributed by atoms with Gasteiger partial charge in [-0.25, -0.2) is 0 Å². The monoisotopic (exact) mass is 211 g/mol. The number of rotatable bonds is 6. The van der Waals surface area contributed by atoms with Gasteiger partial charge in [-0.1, -0.05) is 0 Å². The quantitative estimate of drug-likeness (QED) is 0.721. The fourth-order valence-corrected chi connectivity index (χ4v) is 1.45. The molecule has 4 nitrogen and oxygen atoms in total. The zero-order valence-electron chi connectivity index (χ0n) is 8.94. The topological polar surface area (TPSA) is 43.6 Å². The van der Waals surface area contributed by atoms with Crippen LogP contribution in [0.1, 0.15) is 18.7 Å². The van der Waals surface area contributed by atoms with Crippen LogP contribution in [-0.2, 0) is 9.47 Å². The Morgan fingerprint density at radius 2 is 2.47 bits per heavy atom. The predicted octanol–water partition coefficient (Wildman–Crippen LogP) is 1.35. The van der Waals surface area contributed by atoms with Crippen LogP contribution in [0.3, 0.4) is 0 Å². The van der Waals surface area contributed by atoms with Gasteiger partial charge >= 0.3 is 0 Å². The first-order valence-corrected chi connectivity index (χ1v) is 5.32. The van der Waals surface area contributed by atoms with E-state index in [0.717, 1.165) is 32.1 Å². The summed E-state index contributed by atoms with van der Waals surface area (Å²) in [7, 11) is 0. The molecule has 0 bridgehead atoms. The molecule has 2 rings (SSSR count). The van der Waals surface area contributed by atoms with Crippen molar-refractivity contribution in [1.29, 1.82) is 0 Å². The molecule has 1 unspecified atom stereocenters. The first-order chi connectivity index (χ1) is 7.36. The summed E-state index contributed by atoms with van der Waals surface area (Å²) in [4.78, 5) is 0. The average Bonchev–Trinajstić information content (AvgIpc) is 2.67. The minimum absolute atomic E-state index is 0.237. The summed E-state index contributed by atoms with van der Waals surface area (Å²) in [5, 5.41) is 3.33. The van der Waals surface area contributed by atoms with Gasteiger partial charge in [-0.05, 0) is 19.1 Å². The Labute approximate surface area is 89.6 Å². The Balaban J connectivity index is 1.57. The van der Waals surface area contributed by atoms with Gasteiger partial charge in [-0.2, -0.15) is 0 Å². The van der Waals surface area contributed by atoms with Crippen LogP contribution >= 0.6 is 0 Å². The lowest BCUT2D eigenvalue weighted by molar-refractivity contribution is -0.128. The van der Waals surface area contributed by atoms with Crippen molar-refractivity contribution in [2.24, 2.45) is 0 Å². The lowest BCUT2D eigenvalue weighted by Gasteiger charge is -2.26. The minimum atomic E-state index is 0.237. The summed E-state index contributed by atoms with van der Waals surface area (Å²) < 4.78 is 15.8. The Kier molecular flexibility index (Phi) is 3.77. The summed E-state index contributed by atoms with van der Waals surface area (Å²) in [6.45, 7) is 5.12. The molecule has 0 aliphatic carbocycles. The third-order valence-corrected chi connectivity index (χ3v) is 2.48. The van der Waals surface area contributed by atoms with Gasteiger partial charge in [0.2, 0.25) is 0 Å². The van der Waals surface area contributed by atoms with Crippen LogP contribution in [0.15, 0.2) is 22.8 Å². The fourth-order valence-electron chi connectivity index (χ4n) is 1.45. The molecule has 1 fully saturated rings. The molecule has 1 aromatic heterocycles. The van der Waals surface area contributed by atoms with Crippen molar-refractivity contribution >= 4 is 0 Å². The van der Waals surface area contributed by atoms with E-state index in [4.69, 9.17) is 13.9 Å². The van der Waals surface area contributed by atoms with E-state index in [-0.39, 0.29) is 6.04 Å². The van der Waals surface area contributed by atoms with E-state index in [1.165, 1.54) is 0 Å². The molecule has 1 atom stereocenters. The van der Waals surface area contributed by atoms with Crippen molar-refractivity contribution < 1.29 is 13.9 Å². The fraction of sp³-hybridized carbons (Fsp3) is 0.636. The van der Waals surface area contributed by atoms with Gasteiger partial charge in [0.1, 0.15) is 11.9 Å². The zero-order chi connectivity index (χ0) is 10.5. The van der Waals surface area contributed by atoms with Crippen LogP contribution in [0.5, 0.6) is 0 Å². The highest BCUT2D eigenvalue weighted by Gasteiger charge is 2.18. The van der Waals surface area contributed by atoms with Crippen LogP contribution in [-0.4, -0.2) is 32.5 Å². The Morgan fingerprint density at radius 1 is 1.60 bits per heavy atom. The molecular weight excluding hydrogens is 194 g/mol. The maximum Gasteiger partial charge on any atom is 0.120 e. The second-order valence-electron chi connectivity index (χ2n) is 3.72. The van der Waals surface area contributed by atoms with E-state index in [1.54, 1.807) is 6.26 Å². The number of hydrogen-bond acceptors (Lipinski definition) is 4. The van der Waals surface area contributed by atoms with E-state index < -0.39 is 0 Å².